The molecule has 3 aromatic carbocycles. The van der Waals surface area contributed by atoms with E-state index < -0.39 is 0 Å². The summed E-state index contributed by atoms with van der Waals surface area (Å²) in [7, 11) is 6.73. The van der Waals surface area contributed by atoms with Crippen molar-refractivity contribution in [2.75, 3.05) is 28.4 Å². The summed E-state index contributed by atoms with van der Waals surface area (Å²) < 4.78 is 26.1. The molecule has 2 heterocycles. The molecule has 0 N–H and O–H groups in total. The van der Waals surface area contributed by atoms with Crippen molar-refractivity contribution in [3.8, 4) is 34.3 Å². The zero-order chi connectivity index (χ0) is 23.8. The molecule has 0 saturated carbocycles. The number of hydrogen-bond donors (Lipinski definition) is 0. The number of pyridine rings is 1. The fraction of sp³-hybridized carbons (Fsp3) is 0.250. The highest BCUT2D eigenvalue weighted by molar-refractivity contribution is 9.10. The number of fused-ring (bicyclic) bond motifs is 4. The maximum Gasteiger partial charge on any atom is 0.217 e. The Hall–Kier alpha value is -2.77. The van der Waals surface area contributed by atoms with Crippen LogP contribution in [-0.4, -0.2) is 28.4 Å². The minimum Gasteiger partial charge on any atom is -1.00 e. The number of hydrogen-bond acceptors (Lipinski definition) is 4. The van der Waals surface area contributed by atoms with Crippen LogP contribution >= 0.6 is 15.9 Å². The molecule has 5 rings (SSSR count). The van der Waals surface area contributed by atoms with Crippen molar-refractivity contribution >= 4 is 26.7 Å². The van der Waals surface area contributed by atoms with E-state index in [2.05, 4.69) is 69.2 Å². The van der Waals surface area contributed by atoms with Gasteiger partial charge in [0.05, 0.1) is 39.4 Å². The van der Waals surface area contributed by atoms with E-state index in [0.29, 0.717) is 0 Å². The van der Waals surface area contributed by atoms with Gasteiger partial charge in [0, 0.05) is 28.3 Å². The highest BCUT2D eigenvalue weighted by Gasteiger charge is 2.31. The molecule has 1 aliphatic rings. The van der Waals surface area contributed by atoms with Gasteiger partial charge in [-0.05, 0) is 47.5 Å². The van der Waals surface area contributed by atoms with E-state index >= 15 is 0 Å². The first-order valence-corrected chi connectivity index (χ1v) is 12.0. The summed E-state index contributed by atoms with van der Waals surface area (Å²) in [6.07, 6.45) is 3.87. The Bertz CT molecular complexity index is 1400. The van der Waals surface area contributed by atoms with E-state index in [1.54, 1.807) is 28.4 Å². The van der Waals surface area contributed by atoms with E-state index in [-0.39, 0.29) is 17.0 Å². The van der Waals surface area contributed by atoms with Crippen LogP contribution in [0.5, 0.6) is 23.0 Å². The first kappa shape index (κ1) is 25.3. The van der Waals surface area contributed by atoms with Crippen LogP contribution in [0.3, 0.4) is 0 Å². The molecule has 182 valence electrons. The topological polar surface area (TPSA) is 40.8 Å². The van der Waals surface area contributed by atoms with Crippen LogP contribution in [0.1, 0.15) is 16.7 Å². The summed E-state index contributed by atoms with van der Waals surface area (Å²) in [5.74, 6) is 2.97. The van der Waals surface area contributed by atoms with Crippen LogP contribution < -0.4 is 40.5 Å². The van der Waals surface area contributed by atoms with Crippen molar-refractivity contribution in [1.29, 1.82) is 0 Å². The molecule has 0 bridgehead atoms. The Morgan fingerprint density at radius 2 is 1.57 bits per heavy atom. The number of benzene rings is 3. The number of aryl methyl sites for hydroxylation is 2. The molecule has 35 heavy (non-hydrogen) atoms. The zero-order valence-electron chi connectivity index (χ0n) is 20.2. The lowest BCUT2D eigenvalue weighted by Crippen LogP contribution is -3.00. The van der Waals surface area contributed by atoms with Gasteiger partial charge in [-0.15, -0.1) is 0 Å². The third-order valence-electron chi connectivity index (χ3n) is 6.52. The molecule has 0 atom stereocenters. The number of rotatable bonds is 6. The number of ether oxygens (including phenoxy) is 4. The number of methoxy groups -OCH3 is 4. The van der Waals surface area contributed by atoms with Gasteiger partial charge in [0.25, 0.3) is 0 Å². The molecule has 0 fully saturated rings. The van der Waals surface area contributed by atoms with E-state index in [9.17, 15) is 0 Å². The third kappa shape index (κ3) is 4.47. The average Bonchev–Trinajstić information content (AvgIpc) is 2.86. The predicted molar refractivity (Wildman–Crippen MR) is 136 cm³/mol. The molecule has 1 aliphatic heterocycles. The van der Waals surface area contributed by atoms with Crippen molar-refractivity contribution in [1.82, 2.24) is 0 Å². The second-order valence-corrected chi connectivity index (χ2v) is 9.25. The molecule has 0 radical (unpaired) electrons. The first-order chi connectivity index (χ1) is 16.6. The molecular formula is C28H27Br2NO4. The van der Waals surface area contributed by atoms with Gasteiger partial charge >= 0.3 is 0 Å². The van der Waals surface area contributed by atoms with E-state index in [4.69, 9.17) is 18.9 Å². The van der Waals surface area contributed by atoms with Crippen LogP contribution in [0.4, 0.5) is 0 Å². The fourth-order valence-corrected chi connectivity index (χ4v) is 5.42. The third-order valence-corrected chi connectivity index (χ3v) is 7.02. The van der Waals surface area contributed by atoms with Crippen LogP contribution in [0.15, 0.2) is 59.2 Å². The Morgan fingerprint density at radius 3 is 2.26 bits per heavy atom. The lowest BCUT2D eigenvalue weighted by molar-refractivity contribution is -0.686. The van der Waals surface area contributed by atoms with Crippen molar-refractivity contribution in [2.45, 2.75) is 19.4 Å². The quantitative estimate of drug-likeness (QED) is 0.319. The van der Waals surface area contributed by atoms with Gasteiger partial charge < -0.3 is 35.9 Å². The van der Waals surface area contributed by atoms with Crippen LogP contribution in [0.25, 0.3) is 22.0 Å². The summed E-state index contributed by atoms with van der Waals surface area (Å²) in [6.45, 7) is 0.861. The number of aromatic nitrogens is 1. The summed E-state index contributed by atoms with van der Waals surface area (Å²) in [5, 5.41) is 2.19. The van der Waals surface area contributed by atoms with E-state index in [0.717, 1.165) is 57.6 Å². The second kappa shape index (κ2) is 10.5. The molecule has 0 saturated heterocycles. The van der Waals surface area contributed by atoms with Gasteiger partial charge in [-0.2, -0.15) is 4.57 Å². The Balaban J connectivity index is 0.00000289. The van der Waals surface area contributed by atoms with Gasteiger partial charge in [-0.3, -0.25) is 0 Å². The largest absolute Gasteiger partial charge is 1.00 e. The second-order valence-electron chi connectivity index (χ2n) is 8.33. The van der Waals surface area contributed by atoms with Gasteiger partial charge in [-0.1, -0.05) is 28.1 Å². The van der Waals surface area contributed by atoms with Crippen molar-refractivity contribution in [3.63, 3.8) is 0 Å². The maximum atomic E-state index is 5.82. The summed E-state index contributed by atoms with van der Waals surface area (Å²) in [4.78, 5) is 0. The molecule has 0 amide bonds. The molecular weight excluding hydrogens is 574 g/mol. The molecule has 0 aliphatic carbocycles. The smallest absolute Gasteiger partial charge is 0.217 e. The predicted octanol–water partition coefficient (Wildman–Crippen LogP) is 2.74. The monoisotopic (exact) mass is 599 g/mol. The minimum atomic E-state index is 0. The van der Waals surface area contributed by atoms with Crippen LogP contribution in [0, 0.1) is 0 Å². The average molecular weight is 601 g/mol. The SMILES string of the molecule is COc1cc2c(cc1OC)-c1c(Cc3cccc(Br)c3)c3ccc(OC)c(OC)c3c[n+]1CC2.[Br-]. The molecule has 0 unspecified atom stereocenters. The number of nitrogens with zero attached hydrogens (tertiary/aromatic N) is 1. The minimum absolute atomic E-state index is 0. The van der Waals surface area contributed by atoms with Crippen molar-refractivity contribution in [3.05, 3.63) is 75.9 Å². The summed E-state index contributed by atoms with van der Waals surface area (Å²) in [5.41, 5.74) is 6.09. The maximum absolute atomic E-state index is 5.82. The first-order valence-electron chi connectivity index (χ1n) is 11.2. The zero-order valence-corrected chi connectivity index (χ0v) is 23.3. The summed E-state index contributed by atoms with van der Waals surface area (Å²) >= 11 is 3.63. The van der Waals surface area contributed by atoms with Crippen LogP contribution in [-0.2, 0) is 19.4 Å². The molecule has 7 heteroatoms. The highest BCUT2D eigenvalue weighted by atomic mass is 79.9. The van der Waals surface area contributed by atoms with Crippen molar-refractivity contribution in [2.24, 2.45) is 0 Å². The highest BCUT2D eigenvalue weighted by Crippen LogP contribution is 2.43. The van der Waals surface area contributed by atoms with Crippen LogP contribution in [0.2, 0.25) is 0 Å². The molecule has 0 spiro atoms. The molecule has 4 aromatic rings. The normalized spacial score (nSPS) is 11.8. The van der Waals surface area contributed by atoms with Crippen molar-refractivity contribution < 1.29 is 40.5 Å². The Kier molecular flexibility index (Phi) is 7.57. The van der Waals surface area contributed by atoms with Gasteiger partial charge in [-0.25, -0.2) is 0 Å². The number of halogens is 2. The lowest BCUT2D eigenvalue weighted by Gasteiger charge is -2.22. The van der Waals surface area contributed by atoms with Gasteiger partial charge in [0.1, 0.15) is 0 Å². The Labute approximate surface area is 224 Å². The van der Waals surface area contributed by atoms with Gasteiger partial charge in [0.2, 0.25) is 5.69 Å². The lowest BCUT2D eigenvalue weighted by atomic mass is 9.88. The molecule has 5 nitrogen and oxygen atoms in total. The van der Waals surface area contributed by atoms with Gasteiger partial charge in [0.15, 0.2) is 35.7 Å². The summed E-state index contributed by atoms with van der Waals surface area (Å²) in [6, 6.07) is 16.8. The van der Waals surface area contributed by atoms with E-state index in [1.165, 1.54) is 27.9 Å². The van der Waals surface area contributed by atoms with E-state index in [1.807, 2.05) is 6.07 Å². The Morgan fingerprint density at radius 1 is 0.829 bits per heavy atom. The molecule has 1 aromatic heterocycles. The standard InChI is InChI=1S/C28H27BrNO4.BrH/c1-31-24-9-8-20-22(13-17-6-5-7-19(29)12-17)27-21-15-26(33-3)25(32-2)14-18(21)10-11-30(27)16-23(20)28(24)34-4;/h5-9,12,14-16H,10-11,13H2,1-4H3;1H/q+1;/p-1. The fourth-order valence-electron chi connectivity index (χ4n) is 4.98.